The van der Waals surface area contributed by atoms with Gasteiger partial charge >= 0.3 is 0 Å². The van der Waals surface area contributed by atoms with Crippen molar-refractivity contribution in [3.8, 4) is 5.75 Å². The molecule has 0 radical (unpaired) electrons. The Hall–Kier alpha value is -5.65. The quantitative estimate of drug-likeness (QED) is 0.0668. The molecule has 4 aromatic rings. The SMILES string of the molecule is C[C@@H](C(=O)Nc1ccc(OCCCCCCCCCCNc2cccc3c2C(=O)N(C2CCC(=O)NC2=O)C3=O)cc1)C1CCC(c2ccnc3ccc(F)cc23)CC1. The second kappa shape index (κ2) is 19.4. The van der Waals surface area contributed by atoms with Crippen LogP contribution in [0.1, 0.15) is 129 Å². The van der Waals surface area contributed by atoms with Gasteiger partial charge in [-0.3, -0.25) is 39.2 Å². The van der Waals surface area contributed by atoms with Gasteiger partial charge in [-0.1, -0.05) is 51.5 Å². The van der Waals surface area contributed by atoms with Crippen molar-refractivity contribution in [3.05, 3.63) is 95.4 Å². The predicted molar refractivity (Wildman–Crippen MR) is 225 cm³/mol. The first-order valence-electron chi connectivity index (χ1n) is 21.3. The number of rotatable bonds is 18. The van der Waals surface area contributed by atoms with Gasteiger partial charge in [-0.15, -0.1) is 0 Å². The topological polar surface area (TPSA) is 147 Å². The zero-order valence-electron chi connectivity index (χ0n) is 33.8. The zero-order valence-corrected chi connectivity index (χ0v) is 33.8. The average molecular weight is 804 g/mol. The van der Waals surface area contributed by atoms with Crippen molar-refractivity contribution in [3.63, 3.8) is 0 Å². The van der Waals surface area contributed by atoms with Crippen LogP contribution in [0.2, 0.25) is 0 Å². The summed E-state index contributed by atoms with van der Waals surface area (Å²) in [5, 5.41) is 9.53. The molecule has 59 heavy (non-hydrogen) atoms. The number of amides is 5. The minimum absolute atomic E-state index is 0.0308. The van der Waals surface area contributed by atoms with Crippen molar-refractivity contribution in [1.29, 1.82) is 0 Å². The Bertz CT molecular complexity index is 2170. The van der Waals surface area contributed by atoms with Gasteiger partial charge in [0.1, 0.15) is 17.6 Å². The molecule has 11 nitrogen and oxygen atoms in total. The highest BCUT2D eigenvalue weighted by molar-refractivity contribution is 6.25. The van der Waals surface area contributed by atoms with E-state index in [1.165, 1.54) is 6.07 Å². The molecule has 3 aromatic carbocycles. The van der Waals surface area contributed by atoms with Gasteiger partial charge in [0.15, 0.2) is 0 Å². The first-order valence-corrected chi connectivity index (χ1v) is 21.3. The number of carbonyl (C=O) groups is 5. The zero-order chi connectivity index (χ0) is 41.3. The molecule has 0 spiro atoms. The Morgan fingerprint density at radius 2 is 1.59 bits per heavy atom. The van der Waals surface area contributed by atoms with Crippen LogP contribution in [0.15, 0.2) is 72.9 Å². The Kier molecular flexibility index (Phi) is 13.6. The van der Waals surface area contributed by atoms with Crippen LogP contribution < -0.4 is 20.7 Å². The molecule has 1 aliphatic carbocycles. The molecule has 12 heteroatoms. The molecule has 2 aliphatic heterocycles. The highest BCUT2D eigenvalue weighted by Crippen LogP contribution is 2.41. The van der Waals surface area contributed by atoms with E-state index in [1.807, 2.05) is 43.5 Å². The number of anilines is 2. The van der Waals surface area contributed by atoms with Gasteiger partial charge in [-0.05, 0) is 123 Å². The molecule has 1 saturated heterocycles. The summed E-state index contributed by atoms with van der Waals surface area (Å²) >= 11 is 0. The maximum absolute atomic E-state index is 14.0. The Balaban J connectivity index is 0.726. The summed E-state index contributed by atoms with van der Waals surface area (Å²) in [6, 6.07) is 18.5. The minimum Gasteiger partial charge on any atom is -0.494 e. The smallest absolute Gasteiger partial charge is 0.264 e. The van der Waals surface area contributed by atoms with Crippen LogP contribution in [0.5, 0.6) is 5.75 Å². The van der Waals surface area contributed by atoms with Gasteiger partial charge in [0.05, 0.1) is 23.3 Å². The van der Waals surface area contributed by atoms with E-state index in [0.29, 0.717) is 36.2 Å². The fourth-order valence-electron chi connectivity index (χ4n) is 8.89. The van der Waals surface area contributed by atoms with Gasteiger partial charge < -0.3 is 15.4 Å². The molecule has 7 rings (SSSR count). The number of nitrogens with zero attached hydrogens (tertiary/aromatic N) is 2. The molecular formula is C47H54FN5O6. The summed E-state index contributed by atoms with van der Waals surface area (Å²) in [4.78, 5) is 68.8. The van der Waals surface area contributed by atoms with Gasteiger partial charge in [0.25, 0.3) is 11.8 Å². The largest absolute Gasteiger partial charge is 0.494 e. The summed E-state index contributed by atoms with van der Waals surface area (Å²) in [6.07, 6.45) is 14.5. The number of nitrogens with one attached hydrogen (secondary N) is 3. The Morgan fingerprint density at radius 3 is 2.34 bits per heavy atom. The van der Waals surface area contributed by atoms with E-state index >= 15 is 0 Å². The number of aromatic nitrogens is 1. The summed E-state index contributed by atoms with van der Waals surface area (Å²) in [5.74, 6) is -0.903. The number of halogens is 1. The molecule has 310 valence electrons. The Labute approximate surface area is 344 Å². The third-order valence-corrected chi connectivity index (χ3v) is 12.3. The molecule has 3 N–H and O–H groups in total. The number of piperidine rings is 1. The molecule has 0 bridgehead atoms. The second-order valence-electron chi connectivity index (χ2n) is 16.3. The highest BCUT2D eigenvalue weighted by Gasteiger charge is 2.45. The van der Waals surface area contributed by atoms with Crippen LogP contribution in [-0.4, -0.2) is 58.6 Å². The van der Waals surface area contributed by atoms with Gasteiger partial charge in [0, 0.05) is 41.8 Å². The number of unbranched alkanes of at least 4 members (excludes halogenated alkanes) is 7. The second-order valence-corrected chi connectivity index (χ2v) is 16.3. The standard InChI is InChI=1S/C47H54FN5O6/c1-30(31-13-15-32(16-14-31)36-25-27-50-39-22-17-33(48)29-38(36)39)44(55)51-34-18-20-35(21-19-34)59-28-9-7-5-3-2-4-6-8-26-49-40-12-10-11-37-43(40)47(58)53(46(37)57)41-23-24-42(54)52-45(41)56/h10-12,17-22,25,27,29-32,41,49H,2-9,13-16,23-24,26,28H2,1H3,(H,51,55)(H,52,54,56)/t30-,31?,32?,41?/m1/s1. The lowest BCUT2D eigenvalue weighted by Crippen LogP contribution is -2.54. The van der Waals surface area contributed by atoms with Crippen molar-refractivity contribution in [2.75, 3.05) is 23.8 Å². The van der Waals surface area contributed by atoms with E-state index in [4.69, 9.17) is 4.74 Å². The molecule has 3 heterocycles. The molecule has 1 unspecified atom stereocenters. The predicted octanol–water partition coefficient (Wildman–Crippen LogP) is 8.94. The number of fused-ring (bicyclic) bond motifs is 2. The van der Waals surface area contributed by atoms with Crippen molar-refractivity contribution < 1.29 is 33.1 Å². The maximum Gasteiger partial charge on any atom is 0.264 e. The van der Waals surface area contributed by atoms with Crippen molar-refractivity contribution in [1.82, 2.24) is 15.2 Å². The van der Waals surface area contributed by atoms with E-state index < -0.39 is 29.7 Å². The molecule has 2 fully saturated rings. The maximum atomic E-state index is 14.0. The van der Waals surface area contributed by atoms with Crippen LogP contribution in [0.25, 0.3) is 10.9 Å². The molecule has 3 aliphatic rings. The lowest BCUT2D eigenvalue weighted by Gasteiger charge is -2.32. The molecule has 1 aromatic heterocycles. The molecule has 2 atom stereocenters. The number of hydrogen-bond donors (Lipinski definition) is 3. The fraction of sp³-hybridized carbons (Fsp3) is 0.447. The lowest BCUT2D eigenvalue weighted by molar-refractivity contribution is -0.136. The number of imide groups is 2. The Morgan fingerprint density at radius 1 is 0.864 bits per heavy atom. The normalized spacial score (nSPS) is 19.7. The number of benzene rings is 3. The van der Waals surface area contributed by atoms with Gasteiger partial charge in [-0.2, -0.15) is 0 Å². The van der Waals surface area contributed by atoms with Crippen LogP contribution in [0.3, 0.4) is 0 Å². The minimum atomic E-state index is -0.976. The molecular weight excluding hydrogens is 750 g/mol. The number of pyridine rings is 1. The van der Waals surface area contributed by atoms with Gasteiger partial charge in [0.2, 0.25) is 17.7 Å². The monoisotopic (exact) mass is 803 g/mol. The number of hydrogen-bond acceptors (Lipinski definition) is 8. The highest BCUT2D eigenvalue weighted by atomic mass is 19.1. The van der Waals surface area contributed by atoms with Crippen molar-refractivity contribution in [2.24, 2.45) is 11.8 Å². The molecule has 5 amide bonds. The lowest BCUT2D eigenvalue weighted by atomic mass is 9.73. The summed E-state index contributed by atoms with van der Waals surface area (Å²) in [6.45, 7) is 3.33. The van der Waals surface area contributed by atoms with Crippen LogP contribution in [-0.2, 0) is 14.4 Å². The van der Waals surface area contributed by atoms with E-state index in [9.17, 15) is 28.4 Å². The van der Waals surface area contributed by atoms with Crippen molar-refractivity contribution in [2.45, 2.75) is 109 Å². The summed E-state index contributed by atoms with van der Waals surface area (Å²) in [5.41, 5.74) is 3.90. The van der Waals surface area contributed by atoms with Gasteiger partial charge in [-0.25, -0.2) is 4.39 Å². The van der Waals surface area contributed by atoms with Crippen molar-refractivity contribution >= 4 is 51.8 Å². The van der Waals surface area contributed by atoms with E-state index in [-0.39, 0.29) is 36.0 Å². The third kappa shape index (κ3) is 9.97. The summed E-state index contributed by atoms with van der Waals surface area (Å²) < 4.78 is 20.0. The number of carbonyl (C=O) groups excluding carboxylic acids is 5. The van der Waals surface area contributed by atoms with Crippen LogP contribution in [0.4, 0.5) is 15.8 Å². The summed E-state index contributed by atoms with van der Waals surface area (Å²) in [7, 11) is 0. The fourth-order valence-corrected chi connectivity index (χ4v) is 8.89. The average Bonchev–Trinajstić information content (AvgIpc) is 3.50. The first-order chi connectivity index (χ1) is 28.7. The molecule has 1 saturated carbocycles. The van der Waals surface area contributed by atoms with Crippen LogP contribution >= 0.6 is 0 Å². The van der Waals surface area contributed by atoms with E-state index in [0.717, 1.165) is 110 Å². The van der Waals surface area contributed by atoms with E-state index in [1.54, 1.807) is 30.3 Å². The van der Waals surface area contributed by atoms with Crippen LogP contribution in [0, 0.1) is 17.7 Å². The number of ether oxygens (including phenoxy) is 1. The first kappa shape index (κ1) is 41.5. The van der Waals surface area contributed by atoms with E-state index in [2.05, 4.69) is 20.9 Å². The third-order valence-electron chi connectivity index (χ3n) is 12.3.